The van der Waals surface area contributed by atoms with Crippen molar-refractivity contribution in [3.05, 3.63) is 30.3 Å². The highest BCUT2D eigenvalue weighted by molar-refractivity contribution is 5.92. The van der Waals surface area contributed by atoms with Crippen LogP contribution >= 0.6 is 0 Å². The third-order valence-electron chi connectivity index (χ3n) is 5.84. The number of benzene rings is 1. The molecule has 142 valence electrons. The molecule has 0 saturated carbocycles. The Labute approximate surface area is 156 Å². The molecule has 2 saturated heterocycles. The number of amides is 2. The van der Waals surface area contributed by atoms with Crippen molar-refractivity contribution in [1.82, 2.24) is 9.80 Å². The van der Waals surface area contributed by atoms with Crippen LogP contribution in [0, 0.1) is 5.92 Å². The number of likely N-dealkylation sites (tertiary alicyclic amines) is 2. The van der Waals surface area contributed by atoms with E-state index in [1.54, 1.807) is 0 Å². The van der Waals surface area contributed by atoms with Gasteiger partial charge in [0.25, 0.3) is 0 Å². The van der Waals surface area contributed by atoms with Crippen LogP contribution in [0.4, 0.5) is 5.69 Å². The average Bonchev–Trinajstić information content (AvgIpc) is 2.63. The third-order valence-corrected chi connectivity index (χ3v) is 5.84. The number of nitrogens with one attached hydrogen (secondary N) is 1. The largest absolute Gasteiger partial charge is 0.336 e. The normalized spacial score (nSPS) is 25.1. The fraction of sp³-hybridized carbons (Fsp3) is 0.619. The summed E-state index contributed by atoms with van der Waals surface area (Å²) in [5.41, 5.74) is 0.850. The molecule has 2 fully saturated rings. The van der Waals surface area contributed by atoms with Gasteiger partial charge in [-0.3, -0.25) is 14.5 Å². The molecule has 0 aromatic heterocycles. The van der Waals surface area contributed by atoms with E-state index in [-0.39, 0.29) is 17.7 Å². The van der Waals surface area contributed by atoms with E-state index >= 15 is 0 Å². The van der Waals surface area contributed by atoms with Gasteiger partial charge in [0.15, 0.2) is 0 Å². The summed E-state index contributed by atoms with van der Waals surface area (Å²) >= 11 is 0. The summed E-state index contributed by atoms with van der Waals surface area (Å²) in [7, 11) is 0. The Morgan fingerprint density at radius 1 is 1.00 bits per heavy atom. The van der Waals surface area contributed by atoms with Crippen molar-refractivity contribution >= 4 is 17.5 Å². The summed E-state index contributed by atoms with van der Waals surface area (Å²) in [5, 5.41) is 3.00. The summed E-state index contributed by atoms with van der Waals surface area (Å²) in [6.07, 6.45) is 5.07. The van der Waals surface area contributed by atoms with Crippen molar-refractivity contribution in [1.29, 1.82) is 0 Å². The van der Waals surface area contributed by atoms with Crippen LogP contribution in [0.25, 0.3) is 0 Å². The fourth-order valence-corrected chi connectivity index (χ4v) is 4.30. The lowest BCUT2D eigenvalue weighted by molar-refractivity contribution is -0.138. The summed E-state index contributed by atoms with van der Waals surface area (Å²) in [4.78, 5) is 29.5. The van der Waals surface area contributed by atoms with E-state index in [0.717, 1.165) is 44.5 Å². The molecule has 5 nitrogen and oxygen atoms in total. The van der Waals surface area contributed by atoms with Crippen molar-refractivity contribution in [3.8, 4) is 0 Å². The summed E-state index contributed by atoms with van der Waals surface area (Å²) < 4.78 is 0. The summed E-state index contributed by atoms with van der Waals surface area (Å²) in [6, 6.07) is 10.3. The smallest absolute Gasteiger partial charge is 0.237 e. The second kappa shape index (κ2) is 8.67. The predicted octanol–water partition coefficient (Wildman–Crippen LogP) is 3.13. The molecule has 2 heterocycles. The van der Waals surface area contributed by atoms with Crippen LogP contribution in [0.15, 0.2) is 30.3 Å². The minimum atomic E-state index is 0.0365. The van der Waals surface area contributed by atoms with E-state index in [2.05, 4.69) is 29.0 Å². The second-order valence-electron chi connectivity index (χ2n) is 7.84. The maximum Gasteiger partial charge on any atom is 0.237 e. The van der Waals surface area contributed by atoms with Gasteiger partial charge in [-0.15, -0.1) is 0 Å². The number of nitrogens with zero attached hydrogens (tertiary/aromatic N) is 2. The van der Waals surface area contributed by atoms with E-state index in [0.29, 0.717) is 18.6 Å². The first kappa shape index (κ1) is 18.9. The number of anilines is 1. The predicted molar refractivity (Wildman–Crippen MR) is 104 cm³/mol. The average molecular weight is 357 g/mol. The van der Waals surface area contributed by atoms with Crippen molar-refractivity contribution in [2.45, 2.75) is 58.0 Å². The zero-order valence-electron chi connectivity index (χ0n) is 16.0. The zero-order chi connectivity index (χ0) is 18.5. The standard InChI is InChI=1S/C21H31N3O2/c1-16-7-6-8-17(2)24(16)20(25)15-23-13-11-18(12-14-23)21(26)22-19-9-4-3-5-10-19/h3-5,9-10,16-18H,6-8,11-15H2,1-2H3,(H,22,26)/t16-,17+. The molecule has 2 atom stereocenters. The molecule has 2 amide bonds. The first-order chi connectivity index (χ1) is 12.5. The Morgan fingerprint density at radius 3 is 2.23 bits per heavy atom. The van der Waals surface area contributed by atoms with Gasteiger partial charge in [-0.2, -0.15) is 0 Å². The van der Waals surface area contributed by atoms with E-state index in [4.69, 9.17) is 0 Å². The highest BCUT2D eigenvalue weighted by Gasteiger charge is 2.31. The number of hydrogen-bond donors (Lipinski definition) is 1. The van der Waals surface area contributed by atoms with Gasteiger partial charge in [-0.25, -0.2) is 0 Å². The molecule has 2 aliphatic rings. The number of carbonyl (C=O) groups excluding carboxylic acids is 2. The van der Waals surface area contributed by atoms with Gasteiger partial charge in [-0.05, 0) is 71.2 Å². The SMILES string of the molecule is C[C@@H]1CCC[C@H](C)N1C(=O)CN1CCC(C(=O)Nc2ccccc2)CC1. The number of para-hydroxylation sites is 1. The van der Waals surface area contributed by atoms with E-state index in [1.165, 1.54) is 6.42 Å². The molecule has 1 N–H and O–H groups in total. The molecule has 0 bridgehead atoms. The van der Waals surface area contributed by atoms with Gasteiger partial charge in [-0.1, -0.05) is 18.2 Å². The lowest BCUT2D eigenvalue weighted by Crippen LogP contribution is -2.52. The van der Waals surface area contributed by atoms with Crippen LogP contribution < -0.4 is 5.32 Å². The molecular formula is C21H31N3O2. The number of rotatable bonds is 4. The quantitative estimate of drug-likeness (QED) is 0.901. The Hall–Kier alpha value is -1.88. The monoisotopic (exact) mass is 357 g/mol. The lowest BCUT2D eigenvalue weighted by Gasteiger charge is -2.41. The van der Waals surface area contributed by atoms with Crippen molar-refractivity contribution in [3.63, 3.8) is 0 Å². The van der Waals surface area contributed by atoms with Gasteiger partial charge < -0.3 is 10.2 Å². The van der Waals surface area contributed by atoms with E-state index in [1.807, 2.05) is 30.3 Å². The third kappa shape index (κ3) is 4.64. The highest BCUT2D eigenvalue weighted by Crippen LogP contribution is 2.24. The minimum absolute atomic E-state index is 0.0365. The molecule has 0 unspecified atom stereocenters. The zero-order valence-corrected chi connectivity index (χ0v) is 16.0. The first-order valence-electron chi connectivity index (χ1n) is 9.94. The van der Waals surface area contributed by atoms with Crippen LogP contribution in [0.2, 0.25) is 0 Å². The summed E-state index contributed by atoms with van der Waals surface area (Å²) in [6.45, 7) is 6.44. The van der Waals surface area contributed by atoms with E-state index < -0.39 is 0 Å². The lowest BCUT2D eigenvalue weighted by atomic mass is 9.95. The highest BCUT2D eigenvalue weighted by atomic mass is 16.2. The van der Waals surface area contributed by atoms with Crippen LogP contribution in [0.5, 0.6) is 0 Å². The van der Waals surface area contributed by atoms with Gasteiger partial charge in [0.05, 0.1) is 6.54 Å². The molecule has 0 radical (unpaired) electrons. The maximum absolute atomic E-state index is 12.7. The van der Waals surface area contributed by atoms with Crippen LogP contribution in [-0.2, 0) is 9.59 Å². The Balaban J connectivity index is 1.46. The summed E-state index contributed by atoms with van der Waals surface area (Å²) in [5.74, 6) is 0.381. The van der Waals surface area contributed by atoms with E-state index in [9.17, 15) is 9.59 Å². The molecular weight excluding hydrogens is 326 g/mol. The number of piperidine rings is 2. The number of hydrogen-bond acceptors (Lipinski definition) is 3. The van der Waals surface area contributed by atoms with Crippen molar-refractivity contribution in [2.75, 3.05) is 25.0 Å². The van der Waals surface area contributed by atoms with Gasteiger partial charge in [0, 0.05) is 23.7 Å². The maximum atomic E-state index is 12.7. The molecule has 5 heteroatoms. The van der Waals surface area contributed by atoms with Gasteiger partial charge in [0.1, 0.15) is 0 Å². The molecule has 2 aliphatic heterocycles. The molecule has 1 aromatic carbocycles. The Morgan fingerprint density at radius 2 is 1.62 bits per heavy atom. The molecule has 0 spiro atoms. The van der Waals surface area contributed by atoms with Gasteiger partial charge in [0.2, 0.25) is 11.8 Å². The van der Waals surface area contributed by atoms with Crippen molar-refractivity contribution < 1.29 is 9.59 Å². The van der Waals surface area contributed by atoms with Crippen LogP contribution in [-0.4, -0.2) is 53.3 Å². The molecule has 26 heavy (non-hydrogen) atoms. The van der Waals surface area contributed by atoms with Crippen LogP contribution in [0.1, 0.15) is 46.0 Å². The Bertz CT molecular complexity index is 601. The van der Waals surface area contributed by atoms with Crippen molar-refractivity contribution in [2.24, 2.45) is 5.92 Å². The Kier molecular flexibility index (Phi) is 6.30. The number of carbonyl (C=O) groups is 2. The fourth-order valence-electron chi connectivity index (χ4n) is 4.30. The van der Waals surface area contributed by atoms with Gasteiger partial charge >= 0.3 is 0 Å². The topological polar surface area (TPSA) is 52.7 Å². The molecule has 3 rings (SSSR count). The molecule has 0 aliphatic carbocycles. The van der Waals surface area contributed by atoms with Crippen LogP contribution in [0.3, 0.4) is 0 Å². The first-order valence-corrected chi connectivity index (χ1v) is 9.94. The second-order valence-corrected chi connectivity index (χ2v) is 7.84. The minimum Gasteiger partial charge on any atom is -0.336 e. The molecule has 1 aromatic rings.